The predicted octanol–water partition coefficient (Wildman–Crippen LogP) is 2.69. The summed E-state index contributed by atoms with van der Waals surface area (Å²) < 4.78 is 0. The van der Waals surface area contributed by atoms with E-state index in [2.05, 4.69) is 48.5 Å². The zero-order valence-electron chi connectivity index (χ0n) is 13.1. The quantitative estimate of drug-likeness (QED) is 0.820. The third-order valence-corrected chi connectivity index (χ3v) is 4.92. The Hall–Kier alpha value is -1.00. The number of aryl methyl sites for hydroxylation is 1. The van der Waals surface area contributed by atoms with Crippen LogP contribution in [-0.4, -0.2) is 43.2 Å². The number of carbonyl (C=O) groups is 1. The number of hydrogen-bond acceptors (Lipinski definition) is 3. The van der Waals surface area contributed by atoms with E-state index in [1.54, 1.807) is 0 Å². The molecule has 116 valence electrons. The molecular formula is C17H26N2OS. The second kappa shape index (κ2) is 8.44. The number of nitrogens with zero attached hydrogens (tertiary/aromatic N) is 1. The molecule has 21 heavy (non-hydrogen) atoms. The molecule has 3 nitrogen and oxygen atoms in total. The zero-order chi connectivity index (χ0) is 15.1. The molecule has 1 saturated heterocycles. The van der Waals surface area contributed by atoms with Gasteiger partial charge in [-0.15, -0.1) is 0 Å². The molecule has 0 bridgehead atoms. The van der Waals surface area contributed by atoms with Gasteiger partial charge in [-0.25, -0.2) is 0 Å². The Labute approximate surface area is 132 Å². The highest BCUT2D eigenvalue weighted by molar-refractivity contribution is 7.98. The fourth-order valence-corrected chi connectivity index (χ4v) is 3.57. The van der Waals surface area contributed by atoms with Crippen LogP contribution in [0.4, 0.5) is 0 Å². The SMILES string of the molecule is Cc1cccc(CSCCNC(=O)[C@H]2CCCN(C)C2)c1. The number of piperidine rings is 1. The molecule has 1 aromatic rings. The zero-order valence-corrected chi connectivity index (χ0v) is 13.9. The summed E-state index contributed by atoms with van der Waals surface area (Å²) in [6.07, 6.45) is 2.17. The molecule has 1 fully saturated rings. The van der Waals surface area contributed by atoms with Gasteiger partial charge in [-0.05, 0) is 38.9 Å². The Kier molecular flexibility index (Phi) is 6.58. The van der Waals surface area contributed by atoms with E-state index in [9.17, 15) is 4.79 Å². The normalized spacial score (nSPS) is 19.4. The first-order chi connectivity index (χ1) is 10.1. The minimum atomic E-state index is 0.186. The maximum Gasteiger partial charge on any atom is 0.224 e. The van der Waals surface area contributed by atoms with Crippen molar-refractivity contribution in [2.24, 2.45) is 5.92 Å². The highest BCUT2D eigenvalue weighted by Crippen LogP contribution is 2.15. The van der Waals surface area contributed by atoms with E-state index < -0.39 is 0 Å². The molecule has 1 amide bonds. The highest BCUT2D eigenvalue weighted by Gasteiger charge is 2.23. The average Bonchev–Trinajstić information content (AvgIpc) is 2.47. The van der Waals surface area contributed by atoms with Gasteiger partial charge in [-0.2, -0.15) is 11.8 Å². The first kappa shape index (κ1) is 16.4. The van der Waals surface area contributed by atoms with E-state index in [1.165, 1.54) is 11.1 Å². The summed E-state index contributed by atoms with van der Waals surface area (Å²) in [6.45, 7) is 4.92. The first-order valence-corrected chi connectivity index (χ1v) is 8.90. The van der Waals surface area contributed by atoms with Crippen LogP contribution in [0.1, 0.15) is 24.0 Å². The van der Waals surface area contributed by atoms with Crippen LogP contribution in [0.5, 0.6) is 0 Å². The molecular weight excluding hydrogens is 280 g/mol. The predicted molar refractivity (Wildman–Crippen MR) is 90.6 cm³/mol. The smallest absolute Gasteiger partial charge is 0.224 e. The molecule has 1 aliphatic rings. The summed E-state index contributed by atoms with van der Waals surface area (Å²) >= 11 is 1.88. The molecule has 0 radical (unpaired) electrons. The Morgan fingerprint density at radius 2 is 2.33 bits per heavy atom. The van der Waals surface area contributed by atoms with Crippen molar-refractivity contribution in [2.75, 3.05) is 32.4 Å². The van der Waals surface area contributed by atoms with Gasteiger partial charge in [0.05, 0.1) is 5.92 Å². The molecule has 1 atom stereocenters. The van der Waals surface area contributed by atoms with Crippen LogP contribution in [-0.2, 0) is 10.5 Å². The van der Waals surface area contributed by atoms with E-state index in [0.29, 0.717) is 0 Å². The third kappa shape index (κ3) is 5.71. The van der Waals surface area contributed by atoms with Crippen LogP contribution in [0.15, 0.2) is 24.3 Å². The monoisotopic (exact) mass is 306 g/mol. The second-order valence-electron chi connectivity index (χ2n) is 5.93. The average molecular weight is 306 g/mol. The van der Waals surface area contributed by atoms with Gasteiger partial charge in [0.15, 0.2) is 0 Å². The molecule has 1 aromatic carbocycles. The fraction of sp³-hybridized carbons (Fsp3) is 0.588. The number of hydrogen-bond donors (Lipinski definition) is 1. The first-order valence-electron chi connectivity index (χ1n) is 7.74. The number of rotatable bonds is 6. The van der Waals surface area contributed by atoms with Gasteiger partial charge in [-0.3, -0.25) is 4.79 Å². The fourth-order valence-electron chi connectivity index (χ4n) is 2.76. The van der Waals surface area contributed by atoms with Crippen molar-refractivity contribution >= 4 is 17.7 Å². The summed E-state index contributed by atoms with van der Waals surface area (Å²) in [5, 5.41) is 3.08. The minimum Gasteiger partial charge on any atom is -0.355 e. The topological polar surface area (TPSA) is 32.3 Å². The van der Waals surface area contributed by atoms with Crippen molar-refractivity contribution in [3.63, 3.8) is 0 Å². The van der Waals surface area contributed by atoms with Gasteiger partial charge in [-0.1, -0.05) is 29.8 Å². The Morgan fingerprint density at radius 1 is 1.48 bits per heavy atom. The van der Waals surface area contributed by atoms with E-state index in [1.807, 2.05) is 11.8 Å². The maximum absolute atomic E-state index is 12.1. The van der Waals surface area contributed by atoms with Gasteiger partial charge >= 0.3 is 0 Å². The number of nitrogens with one attached hydrogen (secondary N) is 1. The van der Waals surface area contributed by atoms with Crippen LogP contribution < -0.4 is 5.32 Å². The van der Waals surface area contributed by atoms with Gasteiger partial charge in [0, 0.05) is 24.6 Å². The van der Waals surface area contributed by atoms with Crippen LogP contribution in [0.3, 0.4) is 0 Å². The molecule has 0 aliphatic carbocycles. The van der Waals surface area contributed by atoms with Crippen molar-refractivity contribution in [2.45, 2.75) is 25.5 Å². The van der Waals surface area contributed by atoms with Crippen LogP contribution in [0.2, 0.25) is 0 Å². The number of thioether (sulfide) groups is 1. The van der Waals surface area contributed by atoms with Crippen molar-refractivity contribution in [1.82, 2.24) is 10.2 Å². The molecule has 2 rings (SSSR count). The molecule has 0 aromatic heterocycles. The summed E-state index contributed by atoms with van der Waals surface area (Å²) in [4.78, 5) is 14.3. The lowest BCUT2D eigenvalue weighted by Gasteiger charge is -2.28. The summed E-state index contributed by atoms with van der Waals surface area (Å²) in [7, 11) is 2.09. The largest absolute Gasteiger partial charge is 0.355 e. The molecule has 1 heterocycles. The molecule has 1 aliphatic heterocycles. The summed E-state index contributed by atoms with van der Waals surface area (Å²) in [5.74, 6) is 2.41. The van der Waals surface area contributed by atoms with Gasteiger partial charge < -0.3 is 10.2 Å². The maximum atomic E-state index is 12.1. The molecule has 4 heteroatoms. The van der Waals surface area contributed by atoms with E-state index in [0.717, 1.165) is 44.0 Å². The lowest BCUT2D eigenvalue weighted by molar-refractivity contribution is -0.126. The Balaban J connectivity index is 1.60. The number of likely N-dealkylation sites (tertiary alicyclic amines) is 1. The molecule has 0 spiro atoms. The molecule has 0 unspecified atom stereocenters. The summed E-state index contributed by atoms with van der Waals surface area (Å²) in [6, 6.07) is 8.61. The second-order valence-corrected chi connectivity index (χ2v) is 7.04. The molecule has 0 saturated carbocycles. The lowest BCUT2D eigenvalue weighted by atomic mass is 9.98. The van der Waals surface area contributed by atoms with Gasteiger partial charge in [0.2, 0.25) is 5.91 Å². The van der Waals surface area contributed by atoms with Crippen molar-refractivity contribution in [1.29, 1.82) is 0 Å². The van der Waals surface area contributed by atoms with Crippen LogP contribution in [0, 0.1) is 12.8 Å². The summed E-state index contributed by atoms with van der Waals surface area (Å²) in [5.41, 5.74) is 2.67. The van der Waals surface area contributed by atoms with Crippen molar-refractivity contribution < 1.29 is 4.79 Å². The van der Waals surface area contributed by atoms with Crippen molar-refractivity contribution in [3.05, 3.63) is 35.4 Å². The standard InChI is InChI=1S/C17H26N2OS/c1-14-5-3-6-15(11-14)13-21-10-8-18-17(20)16-7-4-9-19(2)12-16/h3,5-6,11,16H,4,7-10,12-13H2,1-2H3,(H,18,20)/t16-/m0/s1. The van der Waals surface area contributed by atoms with E-state index >= 15 is 0 Å². The number of benzene rings is 1. The molecule has 1 N–H and O–H groups in total. The third-order valence-electron chi connectivity index (χ3n) is 3.89. The highest BCUT2D eigenvalue weighted by atomic mass is 32.2. The van der Waals surface area contributed by atoms with Gasteiger partial charge in [0.1, 0.15) is 0 Å². The van der Waals surface area contributed by atoms with Crippen LogP contribution >= 0.6 is 11.8 Å². The van der Waals surface area contributed by atoms with Crippen molar-refractivity contribution in [3.8, 4) is 0 Å². The number of amides is 1. The Morgan fingerprint density at radius 3 is 3.10 bits per heavy atom. The van der Waals surface area contributed by atoms with Gasteiger partial charge in [0.25, 0.3) is 0 Å². The number of carbonyl (C=O) groups excluding carboxylic acids is 1. The van der Waals surface area contributed by atoms with E-state index in [4.69, 9.17) is 0 Å². The minimum absolute atomic E-state index is 0.186. The lowest BCUT2D eigenvalue weighted by Crippen LogP contribution is -2.41. The van der Waals surface area contributed by atoms with Crippen LogP contribution in [0.25, 0.3) is 0 Å². The Bertz CT molecular complexity index is 464. The van der Waals surface area contributed by atoms with E-state index in [-0.39, 0.29) is 11.8 Å².